The Morgan fingerprint density at radius 3 is 2.36 bits per heavy atom. The van der Waals surface area contributed by atoms with Crippen LogP contribution in [0.2, 0.25) is 0 Å². The highest BCUT2D eigenvalue weighted by molar-refractivity contribution is 9.10. The van der Waals surface area contributed by atoms with Crippen LogP contribution in [0.5, 0.6) is 0 Å². The highest BCUT2D eigenvalue weighted by Crippen LogP contribution is 2.23. The second kappa shape index (κ2) is 6.68. The molecule has 2 aromatic carbocycles. The van der Waals surface area contributed by atoms with Crippen molar-refractivity contribution in [1.82, 2.24) is 4.72 Å². The monoisotopic (exact) mass is 385 g/mol. The number of nitrogens with one attached hydrogen (secondary N) is 1. The van der Waals surface area contributed by atoms with E-state index in [9.17, 15) is 17.6 Å². The molecule has 0 aliphatic heterocycles. The van der Waals surface area contributed by atoms with Gasteiger partial charge in [0.25, 0.3) is 0 Å². The molecule has 0 amide bonds. The molecule has 0 spiro atoms. The summed E-state index contributed by atoms with van der Waals surface area (Å²) < 4.78 is 38.7. The summed E-state index contributed by atoms with van der Waals surface area (Å²) in [7, 11) is -2.03. The maximum atomic E-state index is 12.9. The van der Waals surface area contributed by atoms with Crippen molar-refractivity contribution >= 4 is 31.7 Å². The first-order valence-corrected chi connectivity index (χ1v) is 8.77. The van der Waals surface area contributed by atoms with Gasteiger partial charge in [-0.1, -0.05) is 22.0 Å². The average molecular weight is 386 g/mol. The van der Waals surface area contributed by atoms with Gasteiger partial charge in [-0.3, -0.25) is 4.79 Å². The molecule has 0 aliphatic carbocycles. The SMILES string of the molecule is CNS(=O)(=O)Cc1ccc(C(=O)c2ccc(F)cc2)c(Br)c1. The van der Waals surface area contributed by atoms with E-state index in [1.807, 2.05) is 0 Å². The van der Waals surface area contributed by atoms with Crippen LogP contribution in [-0.2, 0) is 15.8 Å². The van der Waals surface area contributed by atoms with Crippen LogP contribution in [0.1, 0.15) is 21.5 Å². The minimum atomic E-state index is -3.38. The minimum absolute atomic E-state index is 0.173. The maximum absolute atomic E-state index is 12.9. The highest BCUT2D eigenvalue weighted by atomic mass is 79.9. The largest absolute Gasteiger partial charge is 0.289 e. The molecule has 0 fully saturated rings. The van der Waals surface area contributed by atoms with Crippen LogP contribution in [0.25, 0.3) is 0 Å². The van der Waals surface area contributed by atoms with E-state index in [1.165, 1.54) is 31.3 Å². The van der Waals surface area contributed by atoms with E-state index >= 15 is 0 Å². The molecule has 4 nitrogen and oxygen atoms in total. The number of halogens is 2. The molecular formula is C15H13BrFNO3S. The molecule has 22 heavy (non-hydrogen) atoms. The van der Waals surface area contributed by atoms with Crippen molar-refractivity contribution in [2.45, 2.75) is 5.75 Å². The van der Waals surface area contributed by atoms with Gasteiger partial charge in [0.15, 0.2) is 5.78 Å². The van der Waals surface area contributed by atoms with Crippen LogP contribution < -0.4 is 4.72 Å². The molecule has 0 radical (unpaired) electrons. The van der Waals surface area contributed by atoms with Crippen LogP contribution in [0.3, 0.4) is 0 Å². The number of carbonyl (C=O) groups is 1. The fourth-order valence-electron chi connectivity index (χ4n) is 1.88. The quantitative estimate of drug-likeness (QED) is 0.804. The Kier molecular flexibility index (Phi) is 5.10. The second-order valence-corrected chi connectivity index (χ2v) is 7.39. The highest BCUT2D eigenvalue weighted by Gasteiger charge is 2.15. The minimum Gasteiger partial charge on any atom is -0.289 e. The van der Waals surface area contributed by atoms with Crippen molar-refractivity contribution in [3.8, 4) is 0 Å². The smallest absolute Gasteiger partial charge is 0.215 e. The van der Waals surface area contributed by atoms with Crippen molar-refractivity contribution in [3.63, 3.8) is 0 Å². The van der Waals surface area contributed by atoms with Gasteiger partial charge >= 0.3 is 0 Å². The van der Waals surface area contributed by atoms with Crippen molar-refractivity contribution in [1.29, 1.82) is 0 Å². The van der Waals surface area contributed by atoms with Crippen LogP contribution in [0.4, 0.5) is 4.39 Å². The van der Waals surface area contributed by atoms with E-state index in [2.05, 4.69) is 20.7 Å². The summed E-state index contributed by atoms with van der Waals surface area (Å²) in [5.74, 6) is -0.856. The van der Waals surface area contributed by atoms with Crippen LogP contribution in [0, 0.1) is 5.82 Å². The lowest BCUT2D eigenvalue weighted by molar-refractivity contribution is 0.103. The van der Waals surface area contributed by atoms with Gasteiger partial charge in [-0.2, -0.15) is 0 Å². The lowest BCUT2D eigenvalue weighted by Gasteiger charge is -2.07. The molecule has 0 saturated carbocycles. The Morgan fingerprint density at radius 2 is 1.82 bits per heavy atom. The van der Waals surface area contributed by atoms with Gasteiger partial charge in [0, 0.05) is 15.6 Å². The van der Waals surface area contributed by atoms with E-state index in [0.29, 0.717) is 21.2 Å². The Hall–Kier alpha value is -1.57. The summed E-state index contributed by atoms with van der Waals surface area (Å²) in [6.45, 7) is 0. The summed E-state index contributed by atoms with van der Waals surface area (Å²) in [4.78, 5) is 12.3. The van der Waals surface area contributed by atoms with E-state index in [0.717, 1.165) is 0 Å². The van der Waals surface area contributed by atoms with Crippen LogP contribution >= 0.6 is 15.9 Å². The zero-order chi connectivity index (χ0) is 16.3. The van der Waals surface area contributed by atoms with Crippen LogP contribution in [0.15, 0.2) is 46.9 Å². The lowest BCUT2D eigenvalue weighted by Crippen LogP contribution is -2.20. The zero-order valence-electron chi connectivity index (χ0n) is 11.6. The van der Waals surface area contributed by atoms with Gasteiger partial charge in [0.05, 0.1) is 5.75 Å². The van der Waals surface area contributed by atoms with E-state index in [1.54, 1.807) is 18.2 Å². The molecule has 0 saturated heterocycles. The van der Waals surface area contributed by atoms with Gasteiger partial charge in [-0.15, -0.1) is 0 Å². The van der Waals surface area contributed by atoms with Gasteiger partial charge in [0.1, 0.15) is 5.82 Å². The standard InChI is InChI=1S/C15H13BrFNO3S/c1-18-22(20,21)9-10-2-7-13(14(16)8-10)15(19)11-3-5-12(17)6-4-11/h2-8,18H,9H2,1H3. The zero-order valence-corrected chi connectivity index (χ0v) is 14.0. The summed E-state index contributed by atoms with van der Waals surface area (Å²) in [6, 6.07) is 9.97. The molecule has 116 valence electrons. The molecule has 0 bridgehead atoms. The number of ketones is 1. The lowest BCUT2D eigenvalue weighted by atomic mass is 10.0. The molecule has 7 heteroatoms. The fourth-order valence-corrected chi connectivity index (χ4v) is 3.25. The molecule has 0 aromatic heterocycles. The van der Waals surface area contributed by atoms with Crippen molar-refractivity contribution < 1.29 is 17.6 Å². The third-order valence-electron chi connectivity index (χ3n) is 3.05. The molecule has 2 aromatic rings. The van der Waals surface area contributed by atoms with E-state index in [4.69, 9.17) is 0 Å². The third-order valence-corrected chi connectivity index (χ3v) is 5.04. The van der Waals surface area contributed by atoms with Gasteiger partial charge < -0.3 is 0 Å². The fraction of sp³-hybridized carbons (Fsp3) is 0.133. The molecular weight excluding hydrogens is 373 g/mol. The van der Waals surface area contributed by atoms with Gasteiger partial charge in [-0.25, -0.2) is 17.5 Å². The van der Waals surface area contributed by atoms with Crippen molar-refractivity contribution in [3.05, 3.63) is 69.4 Å². The predicted octanol–water partition coefficient (Wildman–Crippen LogP) is 2.87. The summed E-state index contributed by atoms with van der Waals surface area (Å²) >= 11 is 3.28. The topological polar surface area (TPSA) is 63.2 Å². The number of benzene rings is 2. The molecule has 2 rings (SSSR count). The summed E-state index contributed by atoms with van der Waals surface area (Å²) in [5, 5.41) is 0. The second-order valence-electron chi connectivity index (χ2n) is 4.61. The Balaban J connectivity index is 2.30. The van der Waals surface area contributed by atoms with Crippen molar-refractivity contribution in [2.24, 2.45) is 0 Å². The maximum Gasteiger partial charge on any atom is 0.215 e. The molecule has 0 unspecified atom stereocenters. The predicted molar refractivity (Wildman–Crippen MR) is 85.7 cm³/mol. The normalized spacial score (nSPS) is 11.4. The van der Waals surface area contributed by atoms with E-state index < -0.39 is 15.8 Å². The number of hydrogen-bond acceptors (Lipinski definition) is 3. The average Bonchev–Trinajstić information content (AvgIpc) is 2.47. The first-order chi connectivity index (χ1) is 10.3. The van der Waals surface area contributed by atoms with Crippen LogP contribution in [-0.4, -0.2) is 21.2 Å². The molecule has 1 N–H and O–H groups in total. The number of sulfonamides is 1. The first kappa shape index (κ1) is 16.8. The first-order valence-electron chi connectivity index (χ1n) is 6.32. The Labute approximate surface area is 136 Å². The summed E-state index contributed by atoms with van der Waals surface area (Å²) in [6.07, 6.45) is 0. The molecule has 0 aliphatic rings. The number of carbonyl (C=O) groups excluding carboxylic acids is 1. The van der Waals surface area contributed by atoms with Crippen molar-refractivity contribution in [2.75, 3.05) is 7.05 Å². The third kappa shape index (κ3) is 4.00. The van der Waals surface area contributed by atoms with E-state index in [-0.39, 0.29) is 11.5 Å². The Bertz CT molecular complexity index is 804. The van der Waals surface area contributed by atoms with Gasteiger partial charge in [-0.05, 0) is 49.0 Å². The van der Waals surface area contributed by atoms with Gasteiger partial charge in [0.2, 0.25) is 10.0 Å². The summed E-state index contributed by atoms with van der Waals surface area (Å²) in [5.41, 5.74) is 1.30. The number of hydrogen-bond donors (Lipinski definition) is 1. The Morgan fingerprint density at radius 1 is 1.18 bits per heavy atom. The molecule has 0 atom stereocenters. The number of rotatable bonds is 5. The molecule has 0 heterocycles.